The van der Waals surface area contributed by atoms with Gasteiger partial charge in [0.25, 0.3) is 0 Å². The molecule has 0 saturated heterocycles. The van der Waals surface area contributed by atoms with Crippen LogP contribution in [0.15, 0.2) is 23.0 Å². The number of benzene rings is 1. The molecule has 0 atom stereocenters. The van der Waals surface area contributed by atoms with Crippen LogP contribution in [0.4, 0.5) is 5.69 Å². The number of rotatable bonds is 4. The van der Waals surface area contributed by atoms with E-state index in [-0.39, 0.29) is 11.5 Å². The standard InChI is InChI=1S/C15H19N3O2/c1-4-16-8-15(20)17-12-7-11-9(2)6-14(19)18-13(11)5-10(12)3/h5-7,16H,4,8H2,1-3H3,(H,17,20)(H,18,19). The second-order valence-electron chi connectivity index (χ2n) is 4.86. The highest BCUT2D eigenvalue weighted by atomic mass is 16.2. The highest BCUT2D eigenvalue weighted by Crippen LogP contribution is 2.23. The van der Waals surface area contributed by atoms with Gasteiger partial charge in [0, 0.05) is 22.7 Å². The van der Waals surface area contributed by atoms with Gasteiger partial charge in [-0.1, -0.05) is 6.92 Å². The van der Waals surface area contributed by atoms with Crippen LogP contribution < -0.4 is 16.2 Å². The number of carbonyl (C=O) groups is 1. The van der Waals surface area contributed by atoms with E-state index in [1.807, 2.05) is 32.9 Å². The largest absolute Gasteiger partial charge is 0.325 e. The van der Waals surface area contributed by atoms with Gasteiger partial charge in [-0.15, -0.1) is 0 Å². The molecule has 0 bridgehead atoms. The molecule has 0 radical (unpaired) electrons. The molecule has 1 heterocycles. The second kappa shape index (κ2) is 5.88. The Balaban J connectivity index is 2.37. The lowest BCUT2D eigenvalue weighted by atomic mass is 10.1. The van der Waals surface area contributed by atoms with Gasteiger partial charge in [0.1, 0.15) is 0 Å². The third-order valence-electron chi connectivity index (χ3n) is 3.20. The summed E-state index contributed by atoms with van der Waals surface area (Å²) in [5.74, 6) is -0.0728. The first kappa shape index (κ1) is 14.3. The average Bonchev–Trinajstić information content (AvgIpc) is 2.38. The lowest BCUT2D eigenvalue weighted by molar-refractivity contribution is -0.115. The lowest BCUT2D eigenvalue weighted by Crippen LogP contribution is -2.28. The van der Waals surface area contributed by atoms with Gasteiger partial charge in [0.05, 0.1) is 6.54 Å². The number of amides is 1. The maximum atomic E-state index is 11.8. The number of H-pyrrole nitrogens is 1. The molecule has 1 aromatic carbocycles. The van der Waals surface area contributed by atoms with E-state index < -0.39 is 0 Å². The van der Waals surface area contributed by atoms with Crippen LogP contribution in [0.1, 0.15) is 18.1 Å². The van der Waals surface area contributed by atoms with Gasteiger partial charge in [0.15, 0.2) is 0 Å². The van der Waals surface area contributed by atoms with Crippen molar-refractivity contribution in [3.8, 4) is 0 Å². The second-order valence-corrected chi connectivity index (χ2v) is 4.86. The molecule has 0 aliphatic rings. The van der Waals surface area contributed by atoms with Crippen molar-refractivity contribution in [3.05, 3.63) is 39.7 Å². The highest BCUT2D eigenvalue weighted by Gasteiger charge is 2.08. The molecular formula is C15H19N3O2. The molecule has 106 valence electrons. The first-order valence-electron chi connectivity index (χ1n) is 6.66. The minimum atomic E-state index is -0.113. The Morgan fingerprint density at radius 2 is 1.95 bits per heavy atom. The Hall–Kier alpha value is -2.14. The fourth-order valence-electron chi connectivity index (χ4n) is 2.15. The number of nitrogens with one attached hydrogen (secondary N) is 3. The van der Waals surface area contributed by atoms with E-state index in [0.29, 0.717) is 6.54 Å². The van der Waals surface area contributed by atoms with Gasteiger partial charge >= 0.3 is 0 Å². The van der Waals surface area contributed by atoms with Gasteiger partial charge in [-0.05, 0) is 43.7 Å². The molecule has 0 unspecified atom stereocenters. The Bertz CT molecular complexity index is 704. The zero-order chi connectivity index (χ0) is 14.7. The number of fused-ring (bicyclic) bond motifs is 1. The fourth-order valence-corrected chi connectivity index (χ4v) is 2.15. The van der Waals surface area contributed by atoms with E-state index >= 15 is 0 Å². The van der Waals surface area contributed by atoms with Crippen molar-refractivity contribution in [2.45, 2.75) is 20.8 Å². The number of hydrogen-bond acceptors (Lipinski definition) is 3. The Morgan fingerprint density at radius 1 is 1.20 bits per heavy atom. The maximum absolute atomic E-state index is 11.8. The van der Waals surface area contributed by atoms with Gasteiger partial charge in [-0.2, -0.15) is 0 Å². The molecule has 2 rings (SSSR count). The topological polar surface area (TPSA) is 74.0 Å². The number of aromatic amines is 1. The van der Waals surface area contributed by atoms with Gasteiger partial charge < -0.3 is 15.6 Å². The first-order valence-corrected chi connectivity index (χ1v) is 6.66. The monoisotopic (exact) mass is 273 g/mol. The molecule has 0 aliphatic heterocycles. The summed E-state index contributed by atoms with van der Waals surface area (Å²) in [5.41, 5.74) is 3.26. The van der Waals surface area contributed by atoms with Crippen LogP contribution in [-0.4, -0.2) is 24.0 Å². The Kier molecular flexibility index (Phi) is 4.20. The minimum absolute atomic E-state index is 0.0728. The van der Waals surface area contributed by atoms with E-state index in [9.17, 15) is 9.59 Å². The highest BCUT2D eigenvalue weighted by molar-refractivity contribution is 5.96. The molecule has 5 heteroatoms. The Labute approximate surface area is 117 Å². The third-order valence-corrected chi connectivity index (χ3v) is 3.20. The third kappa shape index (κ3) is 3.05. The summed E-state index contributed by atoms with van der Waals surface area (Å²) < 4.78 is 0. The van der Waals surface area contributed by atoms with Gasteiger partial charge in [-0.25, -0.2) is 0 Å². The molecule has 1 amide bonds. The normalized spacial score (nSPS) is 10.8. The summed E-state index contributed by atoms with van der Waals surface area (Å²) in [7, 11) is 0. The quantitative estimate of drug-likeness (QED) is 0.793. The van der Waals surface area contributed by atoms with Gasteiger partial charge in [0.2, 0.25) is 11.5 Å². The summed E-state index contributed by atoms with van der Waals surface area (Å²) in [5, 5.41) is 6.81. The summed E-state index contributed by atoms with van der Waals surface area (Å²) >= 11 is 0. The summed E-state index contributed by atoms with van der Waals surface area (Å²) in [6.45, 7) is 6.79. The predicted octanol–water partition coefficient (Wildman–Crippen LogP) is 1.69. The van der Waals surface area contributed by atoms with Crippen LogP contribution in [0.3, 0.4) is 0 Å². The lowest BCUT2D eigenvalue weighted by Gasteiger charge is -2.11. The number of aryl methyl sites for hydroxylation is 2. The zero-order valence-corrected chi connectivity index (χ0v) is 12.0. The molecule has 5 nitrogen and oxygen atoms in total. The molecule has 3 N–H and O–H groups in total. The Morgan fingerprint density at radius 3 is 2.65 bits per heavy atom. The fraction of sp³-hybridized carbons (Fsp3) is 0.333. The van der Waals surface area contributed by atoms with E-state index in [4.69, 9.17) is 0 Å². The number of pyridine rings is 1. The van der Waals surface area contributed by atoms with Crippen LogP contribution >= 0.6 is 0 Å². The number of aromatic nitrogens is 1. The van der Waals surface area contributed by atoms with E-state index in [1.165, 1.54) is 0 Å². The van der Waals surface area contributed by atoms with Crippen LogP contribution in [0.2, 0.25) is 0 Å². The van der Waals surface area contributed by atoms with Crippen molar-refractivity contribution in [3.63, 3.8) is 0 Å². The van der Waals surface area contributed by atoms with E-state index in [1.54, 1.807) is 6.07 Å². The number of hydrogen-bond donors (Lipinski definition) is 3. The summed E-state index contributed by atoms with van der Waals surface area (Å²) in [6.07, 6.45) is 0. The smallest absolute Gasteiger partial charge is 0.248 e. The van der Waals surface area contributed by atoms with Crippen molar-refractivity contribution in [2.24, 2.45) is 0 Å². The van der Waals surface area contributed by atoms with Crippen LogP contribution in [0, 0.1) is 13.8 Å². The predicted molar refractivity (Wildman–Crippen MR) is 81.2 cm³/mol. The zero-order valence-electron chi connectivity index (χ0n) is 12.0. The molecule has 0 aliphatic carbocycles. The number of carbonyl (C=O) groups excluding carboxylic acids is 1. The summed E-state index contributed by atoms with van der Waals surface area (Å²) in [4.78, 5) is 26.0. The first-order chi connectivity index (χ1) is 9.51. The van der Waals surface area contributed by atoms with Crippen molar-refractivity contribution in [1.82, 2.24) is 10.3 Å². The molecule has 2 aromatic rings. The average molecular weight is 273 g/mol. The summed E-state index contributed by atoms with van der Waals surface area (Å²) in [6, 6.07) is 5.34. The molecule has 0 saturated carbocycles. The van der Waals surface area contributed by atoms with Gasteiger partial charge in [-0.3, -0.25) is 9.59 Å². The molecule has 0 fully saturated rings. The SMILES string of the molecule is CCNCC(=O)Nc1cc2c(C)cc(=O)[nH]c2cc1C. The molecule has 1 aromatic heterocycles. The van der Waals surface area contributed by atoms with Crippen LogP contribution in [0.25, 0.3) is 10.9 Å². The van der Waals surface area contributed by atoms with Crippen LogP contribution in [0.5, 0.6) is 0 Å². The van der Waals surface area contributed by atoms with Crippen LogP contribution in [-0.2, 0) is 4.79 Å². The minimum Gasteiger partial charge on any atom is -0.325 e. The maximum Gasteiger partial charge on any atom is 0.248 e. The van der Waals surface area contributed by atoms with Crippen molar-refractivity contribution in [2.75, 3.05) is 18.4 Å². The number of likely N-dealkylation sites (N-methyl/N-ethyl adjacent to an activating group) is 1. The number of anilines is 1. The van der Waals surface area contributed by atoms with E-state index in [0.717, 1.165) is 34.3 Å². The molecular weight excluding hydrogens is 254 g/mol. The molecule has 0 spiro atoms. The van der Waals surface area contributed by atoms with E-state index in [2.05, 4.69) is 15.6 Å². The van der Waals surface area contributed by atoms with Crippen molar-refractivity contribution in [1.29, 1.82) is 0 Å². The van der Waals surface area contributed by atoms with Crippen molar-refractivity contribution >= 4 is 22.5 Å². The molecule has 20 heavy (non-hydrogen) atoms. The van der Waals surface area contributed by atoms with Crippen molar-refractivity contribution < 1.29 is 4.79 Å².